The maximum atomic E-state index is 10.4. The molecule has 0 atom stereocenters. The Bertz CT molecular complexity index is 332. The van der Waals surface area contributed by atoms with Gasteiger partial charge in [0.1, 0.15) is 12.0 Å². The van der Waals surface area contributed by atoms with Gasteiger partial charge in [0, 0.05) is 5.56 Å². The summed E-state index contributed by atoms with van der Waals surface area (Å²) in [5, 5.41) is 0. The van der Waals surface area contributed by atoms with E-state index in [1.807, 2.05) is 12.1 Å². The molecule has 0 unspecified atom stereocenters. The Morgan fingerprint density at radius 2 is 1.93 bits per heavy atom. The monoisotopic (exact) mass is 204 g/mol. The number of hydrogen-bond acceptors (Lipinski definition) is 2. The third-order valence-electron chi connectivity index (χ3n) is 1.96. The molecule has 1 rings (SSSR count). The second kappa shape index (κ2) is 6.02. The smallest absolute Gasteiger partial charge is 0.150 e. The van der Waals surface area contributed by atoms with E-state index in [9.17, 15) is 4.79 Å². The van der Waals surface area contributed by atoms with Crippen molar-refractivity contribution in [1.29, 1.82) is 0 Å². The van der Waals surface area contributed by atoms with Crippen LogP contribution in [0.2, 0.25) is 0 Å². The average molecular weight is 204 g/mol. The highest BCUT2D eigenvalue weighted by Crippen LogP contribution is 2.11. The quantitative estimate of drug-likeness (QED) is 0.418. The van der Waals surface area contributed by atoms with Crippen LogP contribution < -0.4 is 4.74 Å². The van der Waals surface area contributed by atoms with E-state index < -0.39 is 0 Å². The first kappa shape index (κ1) is 11.5. The first-order valence-electron chi connectivity index (χ1n) is 5.04. The van der Waals surface area contributed by atoms with E-state index in [4.69, 9.17) is 4.74 Å². The van der Waals surface area contributed by atoms with Gasteiger partial charge in [-0.25, -0.2) is 0 Å². The zero-order chi connectivity index (χ0) is 11.1. The standard InChI is InChI=1S/C13H16O2/c1-11(2)4-3-9-15-13-7-5-12(10-14)6-8-13/h4-8,10H,3,9H2,1-2H3. The number of hydrogen-bond donors (Lipinski definition) is 0. The number of ether oxygens (including phenoxy) is 1. The number of aldehydes is 1. The van der Waals surface area contributed by atoms with E-state index in [1.54, 1.807) is 12.1 Å². The minimum absolute atomic E-state index is 0.672. The molecular weight excluding hydrogens is 188 g/mol. The summed E-state index contributed by atoms with van der Waals surface area (Å²) < 4.78 is 5.50. The van der Waals surface area contributed by atoms with Crippen LogP contribution in [-0.4, -0.2) is 12.9 Å². The van der Waals surface area contributed by atoms with Crippen molar-refractivity contribution in [3.05, 3.63) is 41.5 Å². The molecule has 0 spiro atoms. The molecule has 2 heteroatoms. The largest absolute Gasteiger partial charge is 0.493 e. The zero-order valence-electron chi connectivity index (χ0n) is 9.19. The van der Waals surface area contributed by atoms with Crippen molar-refractivity contribution in [3.63, 3.8) is 0 Å². The predicted octanol–water partition coefficient (Wildman–Crippen LogP) is 3.23. The molecule has 0 bridgehead atoms. The van der Waals surface area contributed by atoms with Gasteiger partial charge in [-0.3, -0.25) is 4.79 Å². The van der Waals surface area contributed by atoms with Gasteiger partial charge in [-0.15, -0.1) is 0 Å². The van der Waals surface area contributed by atoms with E-state index in [1.165, 1.54) is 5.57 Å². The van der Waals surface area contributed by atoms with Gasteiger partial charge in [0.25, 0.3) is 0 Å². The highest BCUT2D eigenvalue weighted by atomic mass is 16.5. The van der Waals surface area contributed by atoms with Crippen molar-refractivity contribution in [2.24, 2.45) is 0 Å². The molecule has 0 saturated carbocycles. The fourth-order valence-corrected chi connectivity index (χ4v) is 1.17. The first-order valence-corrected chi connectivity index (χ1v) is 5.04. The SMILES string of the molecule is CC(C)=CCCOc1ccc(C=O)cc1. The van der Waals surface area contributed by atoms with Crippen molar-refractivity contribution in [2.75, 3.05) is 6.61 Å². The van der Waals surface area contributed by atoms with Gasteiger partial charge in [0.15, 0.2) is 0 Å². The highest BCUT2D eigenvalue weighted by molar-refractivity contribution is 5.74. The molecule has 1 aromatic rings. The number of carbonyl (C=O) groups excluding carboxylic acids is 1. The maximum absolute atomic E-state index is 10.4. The molecule has 0 aliphatic heterocycles. The third-order valence-corrected chi connectivity index (χ3v) is 1.96. The van der Waals surface area contributed by atoms with Gasteiger partial charge in [-0.2, -0.15) is 0 Å². The van der Waals surface area contributed by atoms with Crippen LogP contribution in [0, 0.1) is 0 Å². The van der Waals surface area contributed by atoms with E-state index in [-0.39, 0.29) is 0 Å². The summed E-state index contributed by atoms with van der Waals surface area (Å²) in [7, 11) is 0. The Hall–Kier alpha value is -1.57. The molecule has 0 aliphatic carbocycles. The van der Waals surface area contributed by atoms with Crippen molar-refractivity contribution in [1.82, 2.24) is 0 Å². The lowest BCUT2D eigenvalue weighted by Gasteiger charge is -2.04. The van der Waals surface area contributed by atoms with E-state index in [2.05, 4.69) is 19.9 Å². The lowest BCUT2D eigenvalue weighted by Crippen LogP contribution is -1.95. The fourth-order valence-electron chi connectivity index (χ4n) is 1.17. The molecule has 0 saturated heterocycles. The Labute approximate surface area is 90.6 Å². The van der Waals surface area contributed by atoms with Crippen molar-refractivity contribution >= 4 is 6.29 Å². The molecule has 15 heavy (non-hydrogen) atoms. The molecule has 0 N–H and O–H groups in total. The minimum Gasteiger partial charge on any atom is -0.493 e. The van der Waals surface area contributed by atoms with E-state index >= 15 is 0 Å². The van der Waals surface area contributed by atoms with Crippen LogP contribution in [0.1, 0.15) is 30.6 Å². The van der Waals surface area contributed by atoms with Gasteiger partial charge in [-0.1, -0.05) is 11.6 Å². The fraction of sp³-hybridized carbons (Fsp3) is 0.308. The van der Waals surface area contributed by atoms with Crippen LogP contribution in [0.5, 0.6) is 5.75 Å². The van der Waals surface area contributed by atoms with E-state index in [0.717, 1.165) is 18.5 Å². The van der Waals surface area contributed by atoms with Gasteiger partial charge >= 0.3 is 0 Å². The number of allylic oxidation sites excluding steroid dienone is 1. The van der Waals surface area contributed by atoms with Gasteiger partial charge < -0.3 is 4.74 Å². The number of benzene rings is 1. The molecule has 80 valence electrons. The predicted molar refractivity (Wildman–Crippen MR) is 61.4 cm³/mol. The Balaban J connectivity index is 2.38. The summed E-state index contributed by atoms with van der Waals surface area (Å²) in [5.74, 6) is 0.808. The third kappa shape index (κ3) is 4.45. The molecule has 1 aromatic carbocycles. The second-order valence-corrected chi connectivity index (χ2v) is 3.61. The lowest BCUT2D eigenvalue weighted by atomic mass is 10.2. The first-order chi connectivity index (χ1) is 7.22. The molecule has 0 aromatic heterocycles. The van der Waals surface area contributed by atoms with Crippen molar-refractivity contribution in [2.45, 2.75) is 20.3 Å². The van der Waals surface area contributed by atoms with Gasteiger partial charge in [0.2, 0.25) is 0 Å². The van der Waals surface area contributed by atoms with Gasteiger partial charge in [0.05, 0.1) is 6.61 Å². The van der Waals surface area contributed by atoms with Crippen molar-refractivity contribution in [3.8, 4) is 5.75 Å². The summed E-state index contributed by atoms with van der Waals surface area (Å²) in [6.07, 6.45) is 3.88. The normalized spacial score (nSPS) is 9.47. The topological polar surface area (TPSA) is 26.3 Å². The number of carbonyl (C=O) groups is 1. The van der Waals surface area contributed by atoms with Crippen LogP contribution in [0.4, 0.5) is 0 Å². The highest BCUT2D eigenvalue weighted by Gasteiger charge is 1.93. The van der Waals surface area contributed by atoms with Crippen LogP contribution in [0.3, 0.4) is 0 Å². The second-order valence-electron chi connectivity index (χ2n) is 3.61. The minimum atomic E-state index is 0.672. The maximum Gasteiger partial charge on any atom is 0.150 e. The molecule has 0 fully saturated rings. The molecule has 0 radical (unpaired) electrons. The Morgan fingerprint density at radius 3 is 2.47 bits per heavy atom. The average Bonchev–Trinajstić information content (AvgIpc) is 2.25. The van der Waals surface area contributed by atoms with Gasteiger partial charge in [-0.05, 0) is 44.5 Å². The molecular formula is C13H16O2. The lowest BCUT2D eigenvalue weighted by molar-refractivity contribution is 0.112. The summed E-state index contributed by atoms with van der Waals surface area (Å²) >= 11 is 0. The van der Waals surface area contributed by atoms with Crippen LogP contribution in [-0.2, 0) is 0 Å². The van der Waals surface area contributed by atoms with E-state index in [0.29, 0.717) is 12.2 Å². The molecule has 0 amide bonds. The molecule has 0 heterocycles. The summed E-state index contributed by atoms with van der Waals surface area (Å²) in [6, 6.07) is 7.13. The summed E-state index contributed by atoms with van der Waals surface area (Å²) in [4.78, 5) is 10.4. The summed E-state index contributed by atoms with van der Waals surface area (Å²) in [5.41, 5.74) is 1.97. The molecule has 0 aliphatic rings. The molecule has 2 nitrogen and oxygen atoms in total. The number of rotatable bonds is 5. The van der Waals surface area contributed by atoms with Crippen LogP contribution in [0.15, 0.2) is 35.9 Å². The zero-order valence-corrected chi connectivity index (χ0v) is 9.19. The van der Waals surface area contributed by atoms with Crippen molar-refractivity contribution < 1.29 is 9.53 Å². The summed E-state index contributed by atoms with van der Waals surface area (Å²) in [6.45, 7) is 4.81. The van der Waals surface area contributed by atoms with Crippen LogP contribution in [0.25, 0.3) is 0 Å². The Kier molecular flexibility index (Phi) is 4.61. The van der Waals surface area contributed by atoms with Crippen LogP contribution >= 0.6 is 0 Å². The Morgan fingerprint density at radius 1 is 1.27 bits per heavy atom.